The Bertz CT molecular complexity index is 1250. The molecule has 4 rings (SSSR count). The van der Waals surface area contributed by atoms with Gasteiger partial charge in [0.05, 0.1) is 12.3 Å². The van der Waals surface area contributed by atoms with Crippen molar-refractivity contribution in [3.63, 3.8) is 0 Å². The van der Waals surface area contributed by atoms with Crippen LogP contribution in [0, 0.1) is 13.8 Å². The van der Waals surface area contributed by atoms with Crippen LogP contribution in [0.1, 0.15) is 29.4 Å². The first kappa shape index (κ1) is 23.6. The monoisotopic (exact) mass is 471 g/mol. The Morgan fingerprint density at radius 2 is 1.71 bits per heavy atom. The van der Waals surface area contributed by atoms with Crippen LogP contribution in [0.5, 0.6) is 0 Å². The van der Waals surface area contributed by atoms with Crippen molar-refractivity contribution in [2.75, 3.05) is 16.4 Å². The zero-order valence-corrected chi connectivity index (χ0v) is 20.5. The molecule has 0 aliphatic rings. The van der Waals surface area contributed by atoms with Crippen LogP contribution < -0.4 is 10.6 Å². The van der Waals surface area contributed by atoms with E-state index in [1.807, 2.05) is 54.0 Å². The predicted octanol–water partition coefficient (Wildman–Crippen LogP) is 5.79. The third-order valence-corrected chi connectivity index (χ3v) is 6.48. The summed E-state index contributed by atoms with van der Waals surface area (Å²) in [6.07, 6.45) is 0.865. The number of hydrogen-bond acceptors (Lipinski definition) is 5. The highest BCUT2D eigenvalue weighted by molar-refractivity contribution is 7.99. The van der Waals surface area contributed by atoms with Crippen LogP contribution in [-0.4, -0.2) is 26.4 Å². The van der Waals surface area contributed by atoms with Crippen LogP contribution in [0.2, 0.25) is 0 Å². The molecule has 6 nitrogen and oxygen atoms in total. The number of carbonyl (C=O) groups excluding carboxylic acids is 1. The van der Waals surface area contributed by atoms with E-state index in [1.54, 1.807) is 0 Å². The number of para-hydroxylation sites is 2. The molecule has 0 radical (unpaired) electrons. The first-order valence-electron chi connectivity index (χ1n) is 11.4. The van der Waals surface area contributed by atoms with E-state index in [-0.39, 0.29) is 11.7 Å². The summed E-state index contributed by atoms with van der Waals surface area (Å²) in [5, 5.41) is 16.0. The Morgan fingerprint density at radius 1 is 0.941 bits per heavy atom. The van der Waals surface area contributed by atoms with Crippen molar-refractivity contribution in [1.29, 1.82) is 0 Å². The number of rotatable bonds is 9. The first-order chi connectivity index (χ1) is 16.5. The molecule has 0 fully saturated rings. The lowest BCUT2D eigenvalue weighted by Gasteiger charge is -2.13. The Kier molecular flexibility index (Phi) is 7.65. The molecule has 174 valence electrons. The molecule has 3 aromatic carbocycles. The lowest BCUT2D eigenvalue weighted by molar-refractivity contribution is -0.113. The second kappa shape index (κ2) is 11.0. The molecule has 0 aliphatic carbocycles. The summed E-state index contributed by atoms with van der Waals surface area (Å²) in [4.78, 5) is 12.8. The van der Waals surface area contributed by atoms with Gasteiger partial charge in [0.2, 0.25) is 5.91 Å². The number of benzene rings is 3. The highest BCUT2D eigenvalue weighted by Gasteiger charge is 2.16. The molecule has 34 heavy (non-hydrogen) atoms. The number of aryl methyl sites for hydroxylation is 3. The number of aromatic nitrogens is 3. The van der Waals surface area contributed by atoms with E-state index in [0.717, 1.165) is 40.4 Å². The molecule has 0 saturated heterocycles. The fraction of sp³-hybridized carbons (Fsp3) is 0.222. The Balaban J connectivity index is 1.50. The third-order valence-electron chi connectivity index (χ3n) is 5.55. The van der Waals surface area contributed by atoms with Crippen molar-refractivity contribution in [3.05, 3.63) is 95.3 Å². The van der Waals surface area contributed by atoms with Gasteiger partial charge in [-0.3, -0.25) is 9.36 Å². The summed E-state index contributed by atoms with van der Waals surface area (Å²) in [6.45, 7) is 6.69. The lowest BCUT2D eigenvalue weighted by Crippen LogP contribution is -2.17. The summed E-state index contributed by atoms with van der Waals surface area (Å²) in [7, 11) is 0. The number of thioether (sulfide) groups is 1. The summed E-state index contributed by atoms with van der Waals surface area (Å²) in [5.41, 5.74) is 6.30. The third kappa shape index (κ3) is 5.66. The topological polar surface area (TPSA) is 71.8 Å². The van der Waals surface area contributed by atoms with Crippen LogP contribution in [0.3, 0.4) is 0 Å². The summed E-state index contributed by atoms with van der Waals surface area (Å²) in [6, 6.07) is 24.3. The maximum Gasteiger partial charge on any atom is 0.234 e. The normalized spacial score (nSPS) is 10.8. The maximum atomic E-state index is 12.8. The van der Waals surface area contributed by atoms with Gasteiger partial charge < -0.3 is 10.6 Å². The van der Waals surface area contributed by atoms with Gasteiger partial charge in [0.1, 0.15) is 0 Å². The van der Waals surface area contributed by atoms with Crippen LogP contribution in [0.15, 0.2) is 78.0 Å². The number of hydrogen-bond donors (Lipinski definition) is 2. The Labute approximate surface area is 204 Å². The molecule has 1 heterocycles. The molecule has 1 amide bonds. The fourth-order valence-corrected chi connectivity index (χ4v) is 4.48. The predicted molar refractivity (Wildman–Crippen MR) is 140 cm³/mol. The van der Waals surface area contributed by atoms with Gasteiger partial charge >= 0.3 is 0 Å². The highest BCUT2D eigenvalue weighted by Crippen LogP contribution is 2.25. The van der Waals surface area contributed by atoms with Gasteiger partial charge in [0.15, 0.2) is 11.0 Å². The van der Waals surface area contributed by atoms with Gasteiger partial charge in [0, 0.05) is 17.1 Å². The molecule has 7 heteroatoms. The number of anilines is 2. The molecule has 4 aromatic rings. The SMILES string of the molecule is CCc1cccc(C)c1NC(=O)CSc1nnc(CNc2ccc(C)cc2)n1-c1ccccc1. The molecule has 0 unspecified atom stereocenters. The molecule has 0 aliphatic heterocycles. The molecule has 0 spiro atoms. The standard InChI is InChI=1S/C27H29N5OS/c1-4-21-10-8-9-20(3)26(21)29-25(33)18-34-27-31-30-24(32(27)23-11-6-5-7-12-23)17-28-22-15-13-19(2)14-16-22/h5-16,28H,4,17-18H2,1-3H3,(H,29,33). The van der Waals surface area contributed by atoms with Crippen molar-refractivity contribution >= 4 is 29.0 Å². The van der Waals surface area contributed by atoms with E-state index >= 15 is 0 Å². The number of carbonyl (C=O) groups is 1. The minimum Gasteiger partial charge on any atom is -0.378 e. The van der Waals surface area contributed by atoms with Crippen molar-refractivity contribution < 1.29 is 4.79 Å². The van der Waals surface area contributed by atoms with Crippen LogP contribution in [-0.2, 0) is 17.8 Å². The van der Waals surface area contributed by atoms with E-state index in [2.05, 4.69) is 65.0 Å². The van der Waals surface area contributed by atoms with Gasteiger partial charge in [-0.25, -0.2) is 0 Å². The van der Waals surface area contributed by atoms with Crippen LogP contribution in [0.4, 0.5) is 11.4 Å². The van der Waals surface area contributed by atoms with Gasteiger partial charge in [-0.15, -0.1) is 10.2 Å². The molecule has 0 atom stereocenters. The first-order valence-corrected chi connectivity index (χ1v) is 12.3. The highest BCUT2D eigenvalue weighted by atomic mass is 32.2. The molecule has 1 aromatic heterocycles. The second-order valence-corrected chi connectivity index (χ2v) is 9.03. The van der Waals surface area contributed by atoms with E-state index in [0.29, 0.717) is 11.7 Å². The van der Waals surface area contributed by atoms with Gasteiger partial charge in [-0.05, 0) is 55.7 Å². The summed E-state index contributed by atoms with van der Waals surface area (Å²) < 4.78 is 2.00. The average Bonchev–Trinajstić information content (AvgIpc) is 3.27. The van der Waals surface area contributed by atoms with E-state index in [9.17, 15) is 4.79 Å². The Hall–Kier alpha value is -3.58. The number of nitrogens with zero attached hydrogens (tertiary/aromatic N) is 3. The minimum absolute atomic E-state index is 0.0593. The average molecular weight is 472 g/mol. The minimum atomic E-state index is -0.0593. The van der Waals surface area contributed by atoms with Crippen LogP contribution >= 0.6 is 11.8 Å². The quantitative estimate of drug-likeness (QED) is 0.302. The molecular formula is C27H29N5OS. The van der Waals surface area contributed by atoms with Gasteiger partial charge in [-0.2, -0.15) is 0 Å². The van der Waals surface area contributed by atoms with E-state index in [1.165, 1.54) is 17.3 Å². The summed E-state index contributed by atoms with van der Waals surface area (Å²) in [5.74, 6) is 0.964. The maximum absolute atomic E-state index is 12.8. The fourth-order valence-electron chi connectivity index (χ4n) is 3.70. The largest absolute Gasteiger partial charge is 0.378 e. The van der Waals surface area contributed by atoms with Crippen molar-refractivity contribution in [2.24, 2.45) is 0 Å². The van der Waals surface area contributed by atoms with Crippen molar-refractivity contribution in [2.45, 2.75) is 38.9 Å². The molecular weight excluding hydrogens is 442 g/mol. The smallest absolute Gasteiger partial charge is 0.234 e. The zero-order valence-electron chi connectivity index (χ0n) is 19.7. The van der Waals surface area contributed by atoms with Crippen molar-refractivity contribution in [3.8, 4) is 5.69 Å². The number of nitrogens with one attached hydrogen (secondary N) is 2. The second-order valence-electron chi connectivity index (χ2n) is 8.09. The zero-order chi connectivity index (χ0) is 23.9. The van der Waals surface area contributed by atoms with E-state index in [4.69, 9.17) is 0 Å². The Morgan fingerprint density at radius 3 is 2.44 bits per heavy atom. The molecule has 0 saturated carbocycles. The molecule has 0 bridgehead atoms. The van der Waals surface area contributed by atoms with Crippen LogP contribution in [0.25, 0.3) is 5.69 Å². The lowest BCUT2D eigenvalue weighted by atomic mass is 10.1. The summed E-state index contributed by atoms with van der Waals surface area (Å²) >= 11 is 1.38. The molecule has 2 N–H and O–H groups in total. The van der Waals surface area contributed by atoms with E-state index < -0.39 is 0 Å². The van der Waals surface area contributed by atoms with Gasteiger partial charge in [0.25, 0.3) is 0 Å². The van der Waals surface area contributed by atoms with Crippen molar-refractivity contribution in [1.82, 2.24) is 14.8 Å². The van der Waals surface area contributed by atoms with Gasteiger partial charge in [-0.1, -0.05) is 72.8 Å². The number of amides is 1.